The van der Waals surface area contributed by atoms with Crippen molar-refractivity contribution in [3.8, 4) is 0 Å². The normalized spacial score (nSPS) is 22.4. The molecule has 0 aromatic rings. The molecule has 1 fully saturated rings. The second kappa shape index (κ2) is 5.86. The summed E-state index contributed by atoms with van der Waals surface area (Å²) in [6.45, 7) is 7.01. The first-order valence-corrected chi connectivity index (χ1v) is 6.41. The molecule has 1 rings (SSSR count). The van der Waals surface area contributed by atoms with Gasteiger partial charge in [0, 0.05) is 12.6 Å². The van der Waals surface area contributed by atoms with E-state index in [1.807, 2.05) is 0 Å². The van der Waals surface area contributed by atoms with E-state index in [1.54, 1.807) is 0 Å². The molecule has 0 radical (unpaired) electrons. The van der Waals surface area contributed by atoms with Crippen molar-refractivity contribution in [2.75, 3.05) is 6.54 Å². The number of hydrogen-bond donors (Lipinski definition) is 2. The molecule has 2 N–H and O–H groups in total. The maximum Gasteiger partial charge on any atom is 0.0712 e. The second-order valence-electron chi connectivity index (χ2n) is 5.98. The van der Waals surface area contributed by atoms with Crippen LogP contribution in [0.4, 0.5) is 0 Å². The highest BCUT2D eigenvalue weighted by Gasteiger charge is 2.22. The van der Waals surface area contributed by atoms with Crippen LogP contribution in [-0.4, -0.2) is 23.8 Å². The molecule has 0 saturated heterocycles. The van der Waals surface area contributed by atoms with Crippen LogP contribution in [0.1, 0.15) is 59.3 Å². The van der Waals surface area contributed by atoms with E-state index in [2.05, 4.69) is 26.1 Å². The fourth-order valence-corrected chi connectivity index (χ4v) is 2.07. The SMILES string of the molecule is CC(C)(C)C(O)CNC1CCCCCC1. The van der Waals surface area contributed by atoms with E-state index in [1.165, 1.54) is 38.5 Å². The van der Waals surface area contributed by atoms with Gasteiger partial charge in [0.25, 0.3) is 0 Å². The zero-order valence-electron chi connectivity index (χ0n) is 10.6. The molecular weight excluding hydrogens is 186 g/mol. The Labute approximate surface area is 94.5 Å². The Balaban J connectivity index is 2.23. The Morgan fingerprint density at radius 3 is 2.13 bits per heavy atom. The topological polar surface area (TPSA) is 32.3 Å². The largest absolute Gasteiger partial charge is 0.391 e. The van der Waals surface area contributed by atoms with Crippen molar-refractivity contribution in [2.24, 2.45) is 5.41 Å². The summed E-state index contributed by atoms with van der Waals surface area (Å²) in [4.78, 5) is 0. The lowest BCUT2D eigenvalue weighted by molar-refractivity contribution is 0.0599. The summed E-state index contributed by atoms with van der Waals surface area (Å²) < 4.78 is 0. The molecule has 2 nitrogen and oxygen atoms in total. The molecule has 0 heterocycles. The fraction of sp³-hybridized carbons (Fsp3) is 1.00. The smallest absolute Gasteiger partial charge is 0.0712 e. The first kappa shape index (κ1) is 13.0. The predicted molar refractivity (Wildman–Crippen MR) is 65.0 cm³/mol. The highest BCUT2D eigenvalue weighted by Crippen LogP contribution is 2.20. The number of nitrogens with one attached hydrogen (secondary N) is 1. The van der Waals surface area contributed by atoms with Crippen molar-refractivity contribution in [2.45, 2.75) is 71.4 Å². The number of hydrogen-bond acceptors (Lipinski definition) is 2. The number of aliphatic hydroxyl groups excluding tert-OH is 1. The maximum atomic E-state index is 9.92. The van der Waals surface area contributed by atoms with Crippen LogP contribution in [-0.2, 0) is 0 Å². The standard InChI is InChI=1S/C13H27NO/c1-13(2,3)12(15)10-14-11-8-6-4-5-7-9-11/h11-12,14-15H,4-10H2,1-3H3. The van der Waals surface area contributed by atoms with Crippen molar-refractivity contribution < 1.29 is 5.11 Å². The van der Waals surface area contributed by atoms with Crippen molar-refractivity contribution >= 4 is 0 Å². The summed E-state index contributed by atoms with van der Waals surface area (Å²) in [6.07, 6.45) is 7.82. The molecule has 1 unspecified atom stereocenters. The summed E-state index contributed by atoms with van der Waals surface area (Å²) >= 11 is 0. The van der Waals surface area contributed by atoms with Crippen molar-refractivity contribution in [1.82, 2.24) is 5.32 Å². The molecule has 0 bridgehead atoms. The molecule has 1 atom stereocenters. The van der Waals surface area contributed by atoms with E-state index in [0.29, 0.717) is 6.04 Å². The first-order valence-electron chi connectivity index (χ1n) is 6.41. The van der Waals surface area contributed by atoms with Gasteiger partial charge in [-0.15, -0.1) is 0 Å². The van der Waals surface area contributed by atoms with Gasteiger partial charge in [0.2, 0.25) is 0 Å². The van der Waals surface area contributed by atoms with Gasteiger partial charge >= 0.3 is 0 Å². The van der Waals surface area contributed by atoms with Gasteiger partial charge in [-0.2, -0.15) is 0 Å². The molecule has 0 amide bonds. The van der Waals surface area contributed by atoms with E-state index >= 15 is 0 Å². The lowest BCUT2D eigenvalue weighted by atomic mass is 9.89. The summed E-state index contributed by atoms with van der Waals surface area (Å²) in [5, 5.41) is 13.4. The van der Waals surface area contributed by atoms with Crippen molar-refractivity contribution in [1.29, 1.82) is 0 Å². The minimum atomic E-state index is -0.235. The summed E-state index contributed by atoms with van der Waals surface area (Å²) in [7, 11) is 0. The third-order valence-corrected chi connectivity index (χ3v) is 3.45. The molecule has 90 valence electrons. The Kier molecular flexibility index (Phi) is 5.07. The van der Waals surface area contributed by atoms with Crippen LogP contribution < -0.4 is 5.32 Å². The monoisotopic (exact) mass is 213 g/mol. The summed E-state index contributed by atoms with van der Waals surface area (Å²) in [5.74, 6) is 0. The van der Waals surface area contributed by atoms with E-state index < -0.39 is 0 Å². The predicted octanol–water partition coefficient (Wildman–Crippen LogP) is 2.71. The quantitative estimate of drug-likeness (QED) is 0.707. The van der Waals surface area contributed by atoms with Crippen molar-refractivity contribution in [3.05, 3.63) is 0 Å². The maximum absolute atomic E-state index is 9.92. The highest BCUT2D eigenvalue weighted by atomic mass is 16.3. The van der Waals surface area contributed by atoms with Crippen LogP contribution in [0, 0.1) is 5.41 Å². The third-order valence-electron chi connectivity index (χ3n) is 3.45. The van der Waals surface area contributed by atoms with Crippen molar-refractivity contribution in [3.63, 3.8) is 0 Å². The van der Waals surface area contributed by atoms with Gasteiger partial charge < -0.3 is 10.4 Å². The van der Waals surface area contributed by atoms with Crippen LogP contribution in [0.25, 0.3) is 0 Å². The van der Waals surface area contributed by atoms with Gasteiger partial charge in [0.1, 0.15) is 0 Å². The van der Waals surface area contributed by atoms with Crippen LogP contribution in [0.3, 0.4) is 0 Å². The lowest BCUT2D eigenvalue weighted by Crippen LogP contribution is -2.41. The molecule has 2 heteroatoms. The third kappa shape index (κ3) is 4.98. The van der Waals surface area contributed by atoms with Crippen LogP contribution >= 0.6 is 0 Å². The Bertz CT molecular complexity index is 166. The summed E-state index contributed by atoms with van der Waals surface area (Å²) in [6, 6.07) is 0.643. The average Bonchev–Trinajstić information content (AvgIpc) is 2.40. The molecule has 1 aliphatic carbocycles. The molecule has 0 aliphatic heterocycles. The van der Waals surface area contributed by atoms with E-state index in [-0.39, 0.29) is 11.5 Å². The number of aliphatic hydroxyl groups is 1. The minimum Gasteiger partial charge on any atom is -0.391 e. The molecular formula is C13H27NO. The van der Waals surface area contributed by atoms with Gasteiger partial charge in [0.05, 0.1) is 6.10 Å². The Morgan fingerprint density at radius 2 is 1.67 bits per heavy atom. The highest BCUT2D eigenvalue weighted by molar-refractivity contribution is 4.78. The van der Waals surface area contributed by atoms with Gasteiger partial charge in [-0.1, -0.05) is 46.5 Å². The number of rotatable bonds is 3. The zero-order valence-corrected chi connectivity index (χ0v) is 10.6. The van der Waals surface area contributed by atoms with Gasteiger partial charge in [-0.05, 0) is 18.3 Å². The summed E-state index contributed by atoms with van der Waals surface area (Å²) in [5.41, 5.74) is -0.00225. The van der Waals surface area contributed by atoms with Crippen LogP contribution in [0.15, 0.2) is 0 Å². The van der Waals surface area contributed by atoms with Crippen LogP contribution in [0.2, 0.25) is 0 Å². The second-order valence-corrected chi connectivity index (χ2v) is 5.98. The molecule has 0 aromatic heterocycles. The molecule has 1 saturated carbocycles. The van der Waals surface area contributed by atoms with E-state index in [4.69, 9.17) is 0 Å². The lowest BCUT2D eigenvalue weighted by Gasteiger charge is -2.28. The average molecular weight is 213 g/mol. The van der Waals surface area contributed by atoms with Crippen LogP contribution in [0.5, 0.6) is 0 Å². The van der Waals surface area contributed by atoms with Gasteiger partial charge in [-0.3, -0.25) is 0 Å². The Morgan fingerprint density at radius 1 is 1.13 bits per heavy atom. The van der Waals surface area contributed by atoms with E-state index in [9.17, 15) is 5.11 Å². The molecule has 1 aliphatic rings. The zero-order chi connectivity index (χ0) is 11.3. The minimum absolute atomic E-state index is 0.00225. The first-order chi connectivity index (χ1) is 7.00. The van der Waals surface area contributed by atoms with E-state index in [0.717, 1.165) is 6.54 Å². The van der Waals surface area contributed by atoms with Gasteiger partial charge in [0.15, 0.2) is 0 Å². The Hall–Kier alpha value is -0.0800. The molecule has 15 heavy (non-hydrogen) atoms. The van der Waals surface area contributed by atoms with Gasteiger partial charge in [-0.25, -0.2) is 0 Å². The molecule has 0 spiro atoms. The molecule has 0 aromatic carbocycles. The fourth-order valence-electron chi connectivity index (χ4n) is 2.07.